The molecule has 84 valence electrons. The zero-order chi connectivity index (χ0) is 10.8. The molecule has 0 heterocycles. The van der Waals surface area contributed by atoms with Crippen LogP contribution in [0.25, 0.3) is 0 Å². The summed E-state index contributed by atoms with van der Waals surface area (Å²) in [5, 5.41) is 0. The predicted molar refractivity (Wildman–Crippen MR) is 64.6 cm³/mol. The minimum atomic E-state index is 0.537. The molecule has 0 aliphatic heterocycles. The van der Waals surface area contributed by atoms with Gasteiger partial charge in [0.25, 0.3) is 0 Å². The van der Waals surface area contributed by atoms with Gasteiger partial charge in [-0.2, -0.15) is 0 Å². The molecule has 15 heavy (non-hydrogen) atoms. The Bertz CT molecular complexity index is 312. The maximum Gasteiger partial charge on any atom is -0.000607 e. The van der Waals surface area contributed by atoms with E-state index in [1.165, 1.54) is 32.1 Å². The van der Waals surface area contributed by atoms with E-state index in [0.29, 0.717) is 10.8 Å². The number of hydrogen-bond donors (Lipinski definition) is 0. The molecule has 0 saturated heterocycles. The summed E-state index contributed by atoms with van der Waals surface area (Å²) >= 11 is 0. The lowest BCUT2D eigenvalue weighted by molar-refractivity contribution is 0.0595. The van der Waals surface area contributed by atoms with Crippen LogP contribution in [0.3, 0.4) is 0 Å². The monoisotopic (exact) mass is 204 g/mol. The molecule has 0 N–H and O–H groups in total. The summed E-state index contributed by atoms with van der Waals surface area (Å²) in [6, 6.07) is 0. The zero-order valence-corrected chi connectivity index (χ0v) is 10.5. The molecular formula is C15H24. The molecular weight excluding hydrogens is 180 g/mol. The van der Waals surface area contributed by atoms with Gasteiger partial charge < -0.3 is 0 Å². The van der Waals surface area contributed by atoms with Crippen molar-refractivity contribution in [3.05, 3.63) is 12.2 Å². The zero-order valence-electron chi connectivity index (χ0n) is 10.5. The number of hydrogen-bond acceptors (Lipinski definition) is 0. The average molecular weight is 204 g/mol. The van der Waals surface area contributed by atoms with E-state index in [0.717, 1.165) is 17.8 Å². The molecule has 1 spiro atoms. The topological polar surface area (TPSA) is 0 Å². The third kappa shape index (κ3) is 0.905. The first kappa shape index (κ1) is 9.93. The van der Waals surface area contributed by atoms with Crippen molar-refractivity contribution < 1.29 is 0 Å². The molecule has 0 heteroatoms. The molecule has 3 rings (SSSR count). The predicted octanol–water partition coefficient (Wildman–Crippen LogP) is 4.42. The molecule has 0 aromatic heterocycles. The Labute approximate surface area is 94.1 Å². The molecule has 3 aliphatic carbocycles. The molecule has 0 radical (unpaired) electrons. The average Bonchev–Trinajstić information content (AvgIpc) is 2.53. The van der Waals surface area contributed by atoms with Gasteiger partial charge in [-0.1, -0.05) is 32.9 Å². The smallest absolute Gasteiger partial charge is 0.000607 e. The van der Waals surface area contributed by atoms with Crippen molar-refractivity contribution in [3.8, 4) is 0 Å². The van der Waals surface area contributed by atoms with Gasteiger partial charge in [0.2, 0.25) is 0 Å². The van der Waals surface area contributed by atoms with E-state index >= 15 is 0 Å². The fourth-order valence-electron chi connectivity index (χ4n) is 5.47. The summed E-state index contributed by atoms with van der Waals surface area (Å²) < 4.78 is 0. The standard InChI is InChI=1S/C15H24/c1-10-7-8-15-11(2)5-6-12(9-13(10)15)14(15,3)4/h10,12-13H,2,5-9H2,1,3-4H3. The maximum atomic E-state index is 4.46. The highest BCUT2D eigenvalue weighted by molar-refractivity contribution is 5.28. The van der Waals surface area contributed by atoms with E-state index in [1.807, 2.05) is 0 Å². The third-order valence-corrected chi connectivity index (χ3v) is 6.45. The molecule has 0 aromatic rings. The van der Waals surface area contributed by atoms with E-state index in [-0.39, 0.29) is 0 Å². The normalized spacial score (nSPS) is 51.9. The molecule has 3 fully saturated rings. The second-order valence-electron chi connectivity index (χ2n) is 6.89. The second kappa shape index (κ2) is 2.70. The van der Waals surface area contributed by atoms with Crippen LogP contribution < -0.4 is 0 Å². The first-order valence-electron chi connectivity index (χ1n) is 6.68. The number of fused-ring (bicyclic) bond motifs is 1. The Balaban J connectivity index is 2.14. The lowest BCUT2D eigenvalue weighted by Crippen LogP contribution is -2.42. The Morgan fingerprint density at radius 2 is 2.00 bits per heavy atom. The van der Waals surface area contributed by atoms with Crippen LogP contribution in [0, 0.1) is 28.6 Å². The Kier molecular flexibility index (Phi) is 1.79. The van der Waals surface area contributed by atoms with Crippen molar-refractivity contribution in [1.82, 2.24) is 0 Å². The van der Waals surface area contributed by atoms with Crippen LogP contribution in [0.4, 0.5) is 0 Å². The van der Waals surface area contributed by atoms with Crippen molar-refractivity contribution in [2.45, 2.75) is 52.9 Å². The van der Waals surface area contributed by atoms with Crippen LogP contribution >= 0.6 is 0 Å². The largest absolute Gasteiger partial charge is 0.0993 e. The lowest BCUT2D eigenvalue weighted by Gasteiger charge is -2.50. The summed E-state index contributed by atoms with van der Waals surface area (Å²) in [6.07, 6.45) is 7.10. The van der Waals surface area contributed by atoms with E-state index in [2.05, 4.69) is 27.4 Å². The first-order valence-corrected chi connectivity index (χ1v) is 6.68. The van der Waals surface area contributed by atoms with Gasteiger partial charge in [-0.15, -0.1) is 0 Å². The van der Waals surface area contributed by atoms with Gasteiger partial charge in [-0.3, -0.25) is 0 Å². The molecule has 0 nitrogen and oxygen atoms in total. The Morgan fingerprint density at radius 1 is 1.27 bits per heavy atom. The van der Waals surface area contributed by atoms with Gasteiger partial charge in [-0.05, 0) is 60.7 Å². The molecule has 0 aromatic carbocycles. The summed E-state index contributed by atoms with van der Waals surface area (Å²) in [5.74, 6) is 2.90. The van der Waals surface area contributed by atoms with Gasteiger partial charge in [0, 0.05) is 0 Å². The van der Waals surface area contributed by atoms with Crippen molar-refractivity contribution in [2.24, 2.45) is 28.6 Å². The highest BCUT2D eigenvalue weighted by Gasteiger charge is 2.65. The van der Waals surface area contributed by atoms with Crippen LogP contribution in [-0.4, -0.2) is 0 Å². The first-order chi connectivity index (χ1) is 7.00. The van der Waals surface area contributed by atoms with Gasteiger partial charge in [-0.25, -0.2) is 0 Å². The van der Waals surface area contributed by atoms with Crippen molar-refractivity contribution in [2.75, 3.05) is 0 Å². The van der Waals surface area contributed by atoms with Crippen molar-refractivity contribution >= 4 is 0 Å². The number of rotatable bonds is 0. The van der Waals surface area contributed by atoms with E-state index in [4.69, 9.17) is 0 Å². The van der Waals surface area contributed by atoms with Crippen LogP contribution in [0.1, 0.15) is 52.9 Å². The highest BCUT2D eigenvalue weighted by atomic mass is 14.7. The van der Waals surface area contributed by atoms with Crippen LogP contribution in [0.5, 0.6) is 0 Å². The van der Waals surface area contributed by atoms with Gasteiger partial charge in [0.15, 0.2) is 0 Å². The Morgan fingerprint density at radius 3 is 2.73 bits per heavy atom. The molecule has 4 atom stereocenters. The third-order valence-electron chi connectivity index (χ3n) is 6.45. The second-order valence-corrected chi connectivity index (χ2v) is 6.89. The molecule has 3 saturated carbocycles. The summed E-state index contributed by atoms with van der Waals surface area (Å²) in [6.45, 7) is 12.0. The summed E-state index contributed by atoms with van der Waals surface area (Å²) in [4.78, 5) is 0. The highest BCUT2D eigenvalue weighted by Crippen LogP contribution is 2.73. The molecule has 4 unspecified atom stereocenters. The van der Waals surface area contributed by atoms with Crippen LogP contribution in [-0.2, 0) is 0 Å². The Hall–Kier alpha value is -0.260. The number of allylic oxidation sites excluding steroid dienone is 1. The van der Waals surface area contributed by atoms with Gasteiger partial charge in [0.1, 0.15) is 0 Å². The van der Waals surface area contributed by atoms with Crippen molar-refractivity contribution in [1.29, 1.82) is 0 Å². The lowest BCUT2D eigenvalue weighted by atomic mass is 9.54. The van der Waals surface area contributed by atoms with E-state index in [1.54, 1.807) is 5.57 Å². The maximum absolute atomic E-state index is 4.46. The molecule has 2 bridgehead atoms. The minimum absolute atomic E-state index is 0.537. The van der Waals surface area contributed by atoms with Crippen LogP contribution in [0.2, 0.25) is 0 Å². The SMILES string of the molecule is C=C1CCC2CC3C(C)CCC13C2(C)C. The molecule has 0 amide bonds. The van der Waals surface area contributed by atoms with E-state index in [9.17, 15) is 0 Å². The fraction of sp³-hybridized carbons (Fsp3) is 0.867. The van der Waals surface area contributed by atoms with E-state index < -0.39 is 0 Å². The van der Waals surface area contributed by atoms with Crippen LogP contribution in [0.15, 0.2) is 12.2 Å². The fourth-order valence-corrected chi connectivity index (χ4v) is 5.47. The summed E-state index contributed by atoms with van der Waals surface area (Å²) in [5.41, 5.74) is 2.68. The molecule has 3 aliphatic rings. The van der Waals surface area contributed by atoms with Gasteiger partial charge >= 0.3 is 0 Å². The van der Waals surface area contributed by atoms with Gasteiger partial charge in [0.05, 0.1) is 0 Å². The summed E-state index contributed by atoms with van der Waals surface area (Å²) in [7, 11) is 0. The minimum Gasteiger partial charge on any atom is -0.0993 e. The quantitative estimate of drug-likeness (QED) is 0.513. The van der Waals surface area contributed by atoms with Crippen molar-refractivity contribution in [3.63, 3.8) is 0 Å².